The molecule has 14 heteroatoms. The molecule has 2 amide bonds. The standard InChI is InChI=1S/C16H13N2O3.9Y/c1-11-13(9-6-10-14(11)18-16(20)21-2)15(19)17-12-7-4-3-5-8-12;;;;;;;;;/h4-6,9-10H,1-2H3,(H,17,19)(H,18,20);;;;;;;;;/q-3;;;;;;;;;. The zero-order valence-corrected chi connectivity index (χ0v) is 42.4. The van der Waals surface area contributed by atoms with E-state index in [1.54, 1.807) is 37.3 Å². The van der Waals surface area contributed by atoms with Gasteiger partial charge in [-0.1, -0.05) is 6.07 Å². The van der Waals surface area contributed by atoms with Crippen LogP contribution in [0.4, 0.5) is 16.2 Å². The molecule has 2 aromatic rings. The first-order valence-electron chi connectivity index (χ1n) is 6.17. The van der Waals surface area contributed by atoms with Crippen LogP contribution >= 0.6 is 0 Å². The molecule has 30 heavy (non-hydrogen) atoms. The number of ether oxygens (including phenoxy) is 1. The van der Waals surface area contributed by atoms with Gasteiger partial charge < -0.3 is 46.1 Å². The first-order chi connectivity index (χ1) is 10.1. The average Bonchev–Trinajstić information content (AvgIpc) is 2.50. The Hall–Kier alpha value is 7.12. The molecule has 0 aromatic heterocycles. The van der Waals surface area contributed by atoms with E-state index in [2.05, 4.69) is 33.6 Å². The number of benzene rings is 2. The van der Waals surface area contributed by atoms with E-state index in [4.69, 9.17) is 0 Å². The molecule has 9 radical (unpaired) electrons. The van der Waals surface area contributed by atoms with Crippen LogP contribution in [0.15, 0.2) is 30.3 Å². The van der Waals surface area contributed by atoms with Gasteiger partial charge in [0.05, 0.1) is 7.11 Å². The molecule has 0 aliphatic carbocycles. The summed E-state index contributed by atoms with van der Waals surface area (Å²) < 4.78 is 4.54. The molecule has 5 nitrogen and oxygen atoms in total. The first-order valence-corrected chi connectivity index (χ1v) is 6.17. The van der Waals surface area contributed by atoms with Gasteiger partial charge in [0.25, 0.3) is 5.91 Å². The van der Waals surface area contributed by atoms with Crippen LogP contribution in [0.3, 0.4) is 0 Å². The third kappa shape index (κ3) is 22.0. The fourth-order valence-electron chi connectivity index (χ4n) is 1.74. The van der Waals surface area contributed by atoms with Crippen molar-refractivity contribution in [1.82, 2.24) is 0 Å². The van der Waals surface area contributed by atoms with Gasteiger partial charge in [0.15, 0.2) is 0 Å². The molecule has 0 heterocycles. The summed E-state index contributed by atoms with van der Waals surface area (Å²) in [6, 6.07) is 16.6. The van der Waals surface area contributed by atoms with Crippen LogP contribution in [0.25, 0.3) is 0 Å². The van der Waals surface area contributed by atoms with Crippen LogP contribution < -0.4 is 10.6 Å². The molecule has 0 fully saturated rings. The van der Waals surface area contributed by atoms with Crippen LogP contribution in [-0.2, 0) is 299 Å². The van der Waals surface area contributed by atoms with E-state index < -0.39 is 6.09 Å². The number of methoxy groups -OCH3 is 1. The van der Waals surface area contributed by atoms with E-state index in [0.717, 1.165) is 0 Å². The third-order valence-electron chi connectivity index (χ3n) is 2.84. The molecule has 0 aliphatic heterocycles. The number of anilines is 2. The van der Waals surface area contributed by atoms with Crippen LogP contribution in [0.1, 0.15) is 15.9 Å². The van der Waals surface area contributed by atoms with Crippen molar-refractivity contribution in [2.45, 2.75) is 6.92 Å². The second-order valence-electron chi connectivity index (χ2n) is 4.17. The second kappa shape index (κ2) is 34.1. The first kappa shape index (κ1) is 57.1. The van der Waals surface area contributed by atoms with Gasteiger partial charge in [-0.25, -0.2) is 4.79 Å². The third-order valence-corrected chi connectivity index (χ3v) is 2.84. The minimum absolute atomic E-state index is 0. The Kier molecular flexibility index (Phi) is 65.0. The second-order valence-corrected chi connectivity index (χ2v) is 4.17. The van der Waals surface area contributed by atoms with Crippen molar-refractivity contribution in [1.29, 1.82) is 0 Å². The normalized spacial score (nSPS) is 6.87. The fourth-order valence-corrected chi connectivity index (χ4v) is 1.74. The maximum Gasteiger partial charge on any atom is 0.411 e. The number of carbonyl (C=O) groups is 2. The summed E-state index contributed by atoms with van der Waals surface area (Å²) in [7, 11) is 1.28. The Bertz CT molecular complexity index is 680. The van der Waals surface area contributed by atoms with Crippen LogP contribution in [0.2, 0.25) is 0 Å². The van der Waals surface area contributed by atoms with E-state index in [1.165, 1.54) is 7.11 Å². The number of hydrogen-bond donors (Lipinski definition) is 2. The molecule has 0 bridgehead atoms. The molecular formula is C16H13N2O3Y9-3. The molecule has 0 spiro atoms. The number of hydrogen-bond acceptors (Lipinski definition) is 3. The van der Waals surface area contributed by atoms with E-state index >= 15 is 0 Å². The van der Waals surface area contributed by atoms with Crippen LogP contribution in [0.5, 0.6) is 0 Å². The molecule has 0 unspecified atom stereocenters. The predicted octanol–water partition coefficient (Wildman–Crippen LogP) is 2.80. The van der Waals surface area contributed by atoms with Crippen molar-refractivity contribution in [3.8, 4) is 0 Å². The molecule has 135 valence electrons. The molecule has 0 atom stereocenters. The molecule has 0 aliphatic rings. The SMILES string of the molecule is COC(=O)Nc1cccc(C(=O)Nc2[c-]c[c-]c[c-]2)c1C.[Y].[Y].[Y].[Y].[Y].[Y].[Y].[Y].[Y]. The zero-order chi connectivity index (χ0) is 15.2. The van der Waals surface area contributed by atoms with Gasteiger partial charge in [-0.2, -0.15) is 0 Å². The quantitative estimate of drug-likeness (QED) is 0.466. The molecule has 0 saturated carbocycles. The summed E-state index contributed by atoms with van der Waals surface area (Å²) in [4.78, 5) is 23.5. The Balaban J connectivity index is -0.0000000896. The van der Waals surface area contributed by atoms with Crippen molar-refractivity contribution < 1.29 is 309 Å². The van der Waals surface area contributed by atoms with E-state index in [1.807, 2.05) is 0 Å². The molecular weight excluding hydrogens is 1070 g/mol. The van der Waals surface area contributed by atoms with Gasteiger partial charge in [0.1, 0.15) is 0 Å². The molecule has 2 N–H and O–H groups in total. The predicted molar refractivity (Wildman–Crippen MR) is 78.1 cm³/mol. The van der Waals surface area contributed by atoms with E-state index in [9.17, 15) is 9.59 Å². The van der Waals surface area contributed by atoms with Crippen molar-refractivity contribution in [3.63, 3.8) is 0 Å². The maximum absolute atomic E-state index is 12.2. The van der Waals surface area contributed by atoms with Gasteiger partial charge in [-0.15, -0.1) is 0 Å². The Morgan fingerprint density at radius 2 is 1.33 bits per heavy atom. The van der Waals surface area contributed by atoms with Gasteiger partial charge in [-0.05, 0) is 24.6 Å². The largest absolute Gasteiger partial charge is 0.545 e. The summed E-state index contributed by atoms with van der Waals surface area (Å²) in [5.74, 6) is -0.306. The van der Waals surface area contributed by atoms with Crippen molar-refractivity contribution in [2.75, 3.05) is 17.7 Å². The zero-order valence-electron chi connectivity index (χ0n) is 16.8. The van der Waals surface area contributed by atoms with E-state index in [-0.39, 0.29) is 300 Å². The summed E-state index contributed by atoms with van der Waals surface area (Å²) >= 11 is 0. The summed E-state index contributed by atoms with van der Waals surface area (Å²) in [5.41, 5.74) is 2.04. The van der Waals surface area contributed by atoms with E-state index in [0.29, 0.717) is 22.5 Å². The van der Waals surface area contributed by atoms with Crippen LogP contribution in [0, 0.1) is 25.1 Å². The Morgan fingerprint density at radius 1 is 0.833 bits per heavy atom. The number of amides is 2. The average molecular weight is 1080 g/mol. The topological polar surface area (TPSA) is 67.4 Å². The smallest absolute Gasteiger partial charge is 0.411 e. The van der Waals surface area contributed by atoms with Gasteiger partial charge >= 0.3 is 6.09 Å². The minimum atomic E-state index is -0.587. The van der Waals surface area contributed by atoms with Gasteiger partial charge in [0.2, 0.25) is 0 Å². The van der Waals surface area contributed by atoms with Gasteiger partial charge in [0, 0.05) is 306 Å². The Morgan fingerprint density at radius 3 is 1.80 bits per heavy atom. The molecule has 2 aromatic carbocycles. The Labute approximate surface area is 405 Å². The number of carbonyl (C=O) groups excluding carboxylic acids is 2. The van der Waals surface area contributed by atoms with Crippen molar-refractivity contribution in [2.24, 2.45) is 0 Å². The minimum Gasteiger partial charge on any atom is -0.545 e. The summed E-state index contributed by atoms with van der Waals surface area (Å²) in [6.45, 7) is 1.74. The fraction of sp³-hybridized carbons (Fsp3) is 0.125. The molecule has 0 saturated heterocycles. The van der Waals surface area contributed by atoms with Crippen molar-refractivity contribution >= 4 is 23.4 Å². The monoisotopic (exact) mass is 1080 g/mol. The van der Waals surface area contributed by atoms with Crippen LogP contribution in [-0.4, -0.2) is 19.1 Å². The number of nitrogens with one attached hydrogen (secondary N) is 2. The van der Waals surface area contributed by atoms with Gasteiger partial charge in [-0.3, -0.25) is 10.1 Å². The summed E-state index contributed by atoms with van der Waals surface area (Å²) in [5, 5.41) is 5.24. The maximum atomic E-state index is 12.2. The summed E-state index contributed by atoms with van der Waals surface area (Å²) in [6.07, 6.45) is -0.587. The number of rotatable bonds is 3. The van der Waals surface area contributed by atoms with Crippen molar-refractivity contribution in [3.05, 3.63) is 59.7 Å². The molecule has 2 rings (SSSR count).